The van der Waals surface area contributed by atoms with Crippen molar-refractivity contribution in [1.29, 1.82) is 0 Å². The maximum atomic E-state index is 13.7. The van der Waals surface area contributed by atoms with Gasteiger partial charge in [0.25, 0.3) is 0 Å². The Morgan fingerprint density at radius 1 is 1.22 bits per heavy atom. The molecule has 3 aromatic rings. The summed E-state index contributed by atoms with van der Waals surface area (Å²) in [6, 6.07) is 14.0. The van der Waals surface area contributed by atoms with Crippen LogP contribution in [0.1, 0.15) is 54.4 Å². The van der Waals surface area contributed by atoms with Gasteiger partial charge >= 0.3 is 5.76 Å². The molecule has 5 nitrogen and oxygen atoms in total. The van der Waals surface area contributed by atoms with Crippen molar-refractivity contribution in [3.05, 3.63) is 99.4 Å². The zero-order chi connectivity index (χ0) is 22.5. The fourth-order valence-corrected chi connectivity index (χ4v) is 5.18. The third kappa shape index (κ3) is 5.75. The topological polar surface area (TPSA) is 62.1 Å². The largest absolute Gasteiger partial charge is 0.434 e. The summed E-state index contributed by atoms with van der Waals surface area (Å²) in [5, 5.41) is 6.35. The summed E-state index contributed by atoms with van der Waals surface area (Å²) in [7, 11) is 0. The summed E-state index contributed by atoms with van der Waals surface area (Å²) in [6.07, 6.45) is 5.19. The van der Waals surface area contributed by atoms with E-state index >= 15 is 0 Å². The molecule has 0 bridgehead atoms. The monoisotopic (exact) mass is 457 g/mol. The van der Waals surface area contributed by atoms with E-state index in [1.165, 1.54) is 23.3 Å². The van der Waals surface area contributed by atoms with Crippen LogP contribution < -0.4 is 5.76 Å². The Labute approximate surface area is 189 Å². The van der Waals surface area contributed by atoms with E-state index in [1.807, 2.05) is 31.2 Å². The lowest BCUT2D eigenvalue weighted by molar-refractivity contribution is 0.410. The van der Waals surface area contributed by atoms with Crippen LogP contribution in [-0.2, 0) is 6.54 Å². The van der Waals surface area contributed by atoms with Crippen LogP contribution in [-0.4, -0.2) is 21.0 Å². The minimum Gasteiger partial charge on any atom is -0.392 e. The average molecular weight is 458 g/mol. The molecule has 1 fully saturated rings. The number of nitrogens with zero attached hydrogens (tertiary/aromatic N) is 2. The summed E-state index contributed by atoms with van der Waals surface area (Å²) in [6.45, 7) is 3.39. The third-order valence-electron chi connectivity index (χ3n) is 5.48. The second kappa shape index (κ2) is 10.3. The first-order chi connectivity index (χ1) is 15.5. The van der Waals surface area contributed by atoms with Crippen LogP contribution in [0.25, 0.3) is 0 Å². The first kappa shape index (κ1) is 22.5. The summed E-state index contributed by atoms with van der Waals surface area (Å²) in [5.41, 5.74) is 3.05. The zero-order valence-electron chi connectivity index (χ0n) is 17.8. The van der Waals surface area contributed by atoms with E-state index in [4.69, 9.17) is 4.42 Å². The second-order valence-corrected chi connectivity index (χ2v) is 9.32. The van der Waals surface area contributed by atoms with Gasteiger partial charge in [-0.2, -0.15) is 0 Å². The first-order valence-corrected chi connectivity index (χ1v) is 11.4. The number of hydrogen-bond acceptors (Lipinski definition) is 5. The zero-order valence-corrected chi connectivity index (χ0v) is 18.6. The van der Waals surface area contributed by atoms with Gasteiger partial charge in [-0.25, -0.2) is 23.0 Å². The maximum absolute atomic E-state index is 13.7. The SMILES string of the molecule is CC1=CC(c2n[nH]c(=O)o2)C1.Fc1ccc(F)c(CN2CCCC(c3ccccc3)S2)c1. The van der Waals surface area contributed by atoms with Gasteiger partial charge in [0.1, 0.15) is 11.6 Å². The Hall–Kier alpha value is -2.71. The first-order valence-electron chi connectivity index (χ1n) is 10.6. The van der Waals surface area contributed by atoms with Crippen LogP contribution >= 0.6 is 11.9 Å². The molecule has 1 N–H and O–H groups in total. The molecule has 1 aromatic heterocycles. The lowest BCUT2D eigenvalue weighted by atomic mass is 9.88. The summed E-state index contributed by atoms with van der Waals surface area (Å²) < 4.78 is 33.9. The lowest BCUT2D eigenvalue weighted by Crippen LogP contribution is -2.23. The van der Waals surface area contributed by atoms with Crippen molar-refractivity contribution < 1.29 is 13.2 Å². The Balaban J connectivity index is 0.000000186. The average Bonchev–Trinajstić information content (AvgIpc) is 3.21. The highest BCUT2D eigenvalue weighted by atomic mass is 32.2. The molecule has 1 aliphatic heterocycles. The fraction of sp³-hybridized carbons (Fsp3) is 0.333. The van der Waals surface area contributed by atoms with Crippen LogP contribution in [0.3, 0.4) is 0 Å². The predicted molar refractivity (Wildman–Crippen MR) is 121 cm³/mol. The van der Waals surface area contributed by atoms with Gasteiger partial charge in [-0.05, 0) is 49.9 Å². The van der Waals surface area contributed by atoms with Gasteiger partial charge in [0.2, 0.25) is 5.89 Å². The molecule has 5 rings (SSSR count). The van der Waals surface area contributed by atoms with E-state index in [-0.39, 0.29) is 17.6 Å². The normalized spacial score (nSPS) is 20.7. The predicted octanol–water partition coefficient (Wildman–Crippen LogP) is 5.75. The van der Waals surface area contributed by atoms with E-state index in [0.717, 1.165) is 31.9 Å². The number of halogens is 2. The number of allylic oxidation sites excluding steroid dienone is 2. The molecule has 0 spiro atoms. The summed E-state index contributed by atoms with van der Waals surface area (Å²) in [5.74, 6) is -0.473. The Morgan fingerprint density at radius 3 is 2.69 bits per heavy atom. The van der Waals surface area contributed by atoms with Gasteiger partial charge in [-0.15, -0.1) is 5.10 Å². The molecule has 1 aliphatic carbocycles. The van der Waals surface area contributed by atoms with Gasteiger partial charge in [0.05, 0.1) is 5.92 Å². The molecule has 2 aliphatic rings. The number of benzene rings is 2. The van der Waals surface area contributed by atoms with Crippen LogP contribution in [0.5, 0.6) is 0 Å². The van der Waals surface area contributed by atoms with Crippen LogP contribution in [0.4, 0.5) is 8.78 Å². The molecule has 0 amide bonds. The van der Waals surface area contributed by atoms with Gasteiger partial charge in [0.15, 0.2) is 0 Å². The van der Waals surface area contributed by atoms with E-state index in [9.17, 15) is 13.6 Å². The van der Waals surface area contributed by atoms with Crippen molar-refractivity contribution in [2.24, 2.45) is 0 Å². The molecular formula is C24H25F2N3O2S. The van der Waals surface area contributed by atoms with Crippen LogP contribution in [0.15, 0.2) is 69.4 Å². The maximum Gasteiger partial charge on any atom is 0.434 e. The van der Waals surface area contributed by atoms with Gasteiger partial charge < -0.3 is 4.42 Å². The van der Waals surface area contributed by atoms with E-state index in [0.29, 0.717) is 23.2 Å². The second-order valence-electron chi connectivity index (χ2n) is 8.02. The van der Waals surface area contributed by atoms with Gasteiger partial charge in [-0.3, -0.25) is 0 Å². The summed E-state index contributed by atoms with van der Waals surface area (Å²) in [4.78, 5) is 10.5. The minimum absolute atomic E-state index is 0.217. The van der Waals surface area contributed by atoms with Crippen molar-refractivity contribution in [3.8, 4) is 0 Å². The highest BCUT2D eigenvalue weighted by molar-refractivity contribution is 7.97. The highest BCUT2D eigenvalue weighted by Gasteiger charge is 2.23. The molecule has 2 aromatic carbocycles. The highest BCUT2D eigenvalue weighted by Crippen LogP contribution is 2.40. The van der Waals surface area contributed by atoms with Gasteiger partial charge in [0, 0.05) is 23.9 Å². The standard InChI is InChI=1S/C17H17F2NS.C7H8N2O2/c18-15-8-9-16(19)14(11-15)12-20-10-4-7-17(21-20)13-5-2-1-3-6-13;1-4-2-5(3-4)6-8-9-7(10)11-6/h1-3,5-6,8-9,11,17H,4,7,10,12H2;2,5H,3H2,1H3,(H,9,10). The van der Waals surface area contributed by atoms with Crippen molar-refractivity contribution in [1.82, 2.24) is 14.5 Å². The number of H-pyrrole nitrogens is 1. The lowest BCUT2D eigenvalue weighted by Gasteiger charge is -2.32. The number of aromatic nitrogens is 2. The summed E-state index contributed by atoms with van der Waals surface area (Å²) >= 11 is 1.74. The quantitative estimate of drug-likeness (QED) is 0.399. The van der Waals surface area contributed by atoms with Crippen molar-refractivity contribution >= 4 is 11.9 Å². The van der Waals surface area contributed by atoms with Crippen LogP contribution in [0, 0.1) is 11.6 Å². The van der Waals surface area contributed by atoms with Crippen molar-refractivity contribution in [3.63, 3.8) is 0 Å². The molecule has 0 saturated carbocycles. The molecular weight excluding hydrogens is 432 g/mol. The number of nitrogens with one attached hydrogen (secondary N) is 1. The number of aromatic amines is 1. The van der Waals surface area contributed by atoms with Gasteiger partial charge in [-0.1, -0.05) is 53.9 Å². The molecule has 2 unspecified atom stereocenters. The molecule has 2 atom stereocenters. The molecule has 168 valence electrons. The minimum atomic E-state index is -0.474. The third-order valence-corrected chi connectivity index (χ3v) is 6.85. The smallest absolute Gasteiger partial charge is 0.392 e. The Morgan fingerprint density at radius 2 is 2.00 bits per heavy atom. The van der Waals surface area contributed by atoms with E-state index < -0.39 is 5.76 Å². The number of rotatable bonds is 4. The number of hydrogen-bond donors (Lipinski definition) is 1. The van der Waals surface area contributed by atoms with Crippen LogP contribution in [0.2, 0.25) is 0 Å². The van der Waals surface area contributed by atoms with Crippen molar-refractivity contribution in [2.45, 2.75) is 43.9 Å². The molecule has 1 saturated heterocycles. The Bertz CT molecular complexity index is 1130. The fourth-order valence-electron chi connectivity index (χ4n) is 3.82. The van der Waals surface area contributed by atoms with E-state index in [2.05, 4.69) is 26.6 Å². The van der Waals surface area contributed by atoms with Crippen molar-refractivity contribution in [2.75, 3.05) is 6.54 Å². The van der Waals surface area contributed by atoms with E-state index in [1.54, 1.807) is 11.9 Å². The molecule has 2 heterocycles. The Kier molecular flexibility index (Phi) is 7.22. The molecule has 8 heteroatoms. The molecule has 32 heavy (non-hydrogen) atoms. The molecule has 0 radical (unpaired) electrons.